The average molecular weight is 288 g/mol. The second kappa shape index (κ2) is 6.54. The Hall–Kier alpha value is -2.14. The lowest BCUT2D eigenvalue weighted by Gasteiger charge is -2.38. The van der Waals surface area contributed by atoms with E-state index in [4.69, 9.17) is 4.74 Å². The molecule has 1 N–H and O–H groups in total. The topological polar surface area (TPSA) is 58.6 Å². The summed E-state index contributed by atoms with van der Waals surface area (Å²) in [5.41, 5.74) is 2.01. The SMILES string of the molecule is C=CCNC(=O)C1OCC(=O)N(C)C1c1ccc(C)cc1. The number of hydrogen-bond donors (Lipinski definition) is 1. The van der Waals surface area contributed by atoms with Crippen LogP contribution in [0.25, 0.3) is 0 Å². The van der Waals surface area contributed by atoms with E-state index in [9.17, 15) is 9.59 Å². The summed E-state index contributed by atoms with van der Waals surface area (Å²) >= 11 is 0. The van der Waals surface area contributed by atoms with Crippen molar-refractivity contribution in [1.29, 1.82) is 0 Å². The zero-order chi connectivity index (χ0) is 15.4. The maximum Gasteiger partial charge on any atom is 0.251 e. The van der Waals surface area contributed by atoms with E-state index in [-0.39, 0.29) is 18.4 Å². The van der Waals surface area contributed by atoms with E-state index >= 15 is 0 Å². The number of benzene rings is 1. The first-order valence-electron chi connectivity index (χ1n) is 6.87. The molecule has 112 valence electrons. The number of aryl methyl sites for hydroxylation is 1. The normalized spacial score (nSPS) is 22.0. The quantitative estimate of drug-likeness (QED) is 0.847. The molecule has 0 radical (unpaired) electrons. The lowest BCUT2D eigenvalue weighted by atomic mass is 9.97. The molecule has 0 spiro atoms. The third-order valence-corrected chi connectivity index (χ3v) is 3.58. The van der Waals surface area contributed by atoms with Gasteiger partial charge in [0.1, 0.15) is 6.61 Å². The summed E-state index contributed by atoms with van der Waals surface area (Å²) in [5, 5.41) is 2.73. The summed E-state index contributed by atoms with van der Waals surface area (Å²) in [6, 6.07) is 7.34. The van der Waals surface area contributed by atoms with E-state index in [0.29, 0.717) is 6.54 Å². The molecule has 1 fully saturated rings. The number of likely N-dealkylation sites (N-methyl/N-ethyl adjacent to an activating group) is 1. The summed E-state index contributed by atoms with van der Waals surface area (Å²) in [6.45, 7) is 5.86. The van der Waals surface area contributed by atoms with Gasteiger partial charge in [0.05, 0.1) is 6.04 Å². The second-order valence-corrected chi connectivity index (χ2v) is 5.13. The van der Waals surface area contributed by atoms with E-state index in [2.05, 4.69) is 11.9 Å². The molecular formula is C16H20N2O3. The monoisotopic (exact) mass is 288 g/mol. The van der Waals surface area contributed by atoms with Crippen LogP contribution in [0.1, 0.15) is 17.2 Å². The van der Waals surface area contributed by atoms with Crippen molar-refractivity contribution in [2.45, 2.75) is 19.1 Å². The van der Waals surface area contributed by atoms with Gasteiger partial charge in [0.25, 0.3) is 5.91 Å². The van der Waals surface area contributed by atoms with Gasteiger partial charge >= 0.3 is 0 Å². The van der Waals surface area contributed by atoms with Crippen LogP contribution in [0.5, 0.6) is 0 Å². The fourth-order valence-electron chi connectivity index (χ4n) is 2.37. The average Bonchev–Trinajstić information content (AvgIpc) is 2.48. The van der Waals surface area contributed by atoms with Crippen molar-refractivity contribution in [3.8, 4) is 0 Å². The minimum Gasteiger partial charge on any atom is -0.356 e. The Bertz CT molecular complexity index is 539. The van der Waals surface area contributed by atoms with Crippen molar-refractivity contribution in [1.82, 2.24) is 10.2 Å². The number of nitrogens with zero attached hydrogens (tertiary/aromatic N) is 1. The largest absolute Gasteiger partial charge is 0.356 e. The highest BCUT2D eigenvalue weighted by Gasteiger charge is 2.39. The zero-order valence-electron chi connectivity index (χ0n) is 12.3. The second-order valence-electron chi connectivity index (χ2n) is 5.13. The molecule has 2 rings (SSSR count). The van der Waals surface area contributed by atoms with Crippen LogP contribution in [0.4, 0.5) is 0 Å². The third-order valence-electron chi connectivity index (χ3n) is 3.58. The first-order chi connectivity index (χ1) is 10.0. The molecular weight excluding hydrogens is 268 g/mol. The van der Waals surface area contributed by atoms with Crippen LogP contribution in [0.2, 0.25) is 0 Å². The maximum absolute atomic E-state index is 12.2. The summed E-state index contributed by atoms with van der Waals surface area (Å²) in [7, 11) is 1.70. The number of rotatable bonds is 4. The number of nitrogens with one attached hydrogen (secondary N) is 1. The summed E-state index contributed by atoms with van der Waals surface area (Å²) < 4.78 is 5.48. The van der Waals surface area contributed by atoms with Gasteiger partial charge < -0.3 is 15.0 Å². The fraction of sp³-hybridized carbons (Fsp3) is 0.375. The molecule has 0 saturated carbocycles. The van der Waals surface area contributed by atoms with E-state index in [0.717, 1.165) is 11.1 Å². The minimum atomic E-state index is -0.713. The highest BCUT2D eigenvalue weighted by molar-refractivity contribution is 5.86. The zero-order valence-corrected chi connectivity index (χ0v) is 12.3. The van der Waals surface area contributed by atoms with Gasteiger partial charge in [-0.2, -0.15) is 0 Å². The molecule has 2 amide bonds. The van der Waals surface area contributed by atoms with Crippen LogP contribution in [-0.2, 0) is 14.3 Å². The van der Waals surface area contributed by atoms with Gasteiger partial charge in [-0.1, -0.05) is 35.9 Å². The minimum absolute atomic E-state index is 0.0783. The predicted octanol–water partition coefficient (Wildman–Crippen LogP) is 1.20. The first-order valence-corrected chi connectivity index (χ1v) is 6.87. The van der Waals surface area contributed by atoms with Gasteiger partial charge in [0, 0.05) is 13.6 Å². The molecule has 1 aromatic rings. The van der Waals surface area contributed by atoms with Crippen molar-refractivity contribution in [3.63, 3.8) is 0 Å². The van der Waals surface area contributed by atoms with Crippen LogP contribution in [0.15, 0.2) is 36.9 Å². The summed E-state index contributed by atoms with van der Waals surface area (Å²) in [5.74, 6) is -0.367. The molecule has 0 bridgehead atoms. The lowest BCUT2D eigenvalue weighted by Crippen LogP contribution is -2.53. The molecule has 2 unspecified atom stereocenters. The Morgan fingerprint density at radius 3 is 2.76 bits per heavy atom. The molecule has 1 aliphatic rings. The third kappa shape index (κ3) is 3.31. The summed E-state index contributed by atoms with van der Waals surface area (Å²) in [6.07, 6.45) is 0.895. The van der Waals surface area contributed by atoms with E-state index in [1.54, 1.807) is 18.0 Å². The maximum atomic E-state index is 12.2. The molecule has 1 saturated heterocycles. The summed E-state index contributed by atoms with van der Waals surface area (Å²) in [4.78, 5) is 25.7. The number of morpholine rings is 1. The number of amides is 2. The van der Waals surface area contributed by atoms with Gasteiger partial charge in [0.15, 0.2) is 6.10 Å². The number of hydrogen-bond acceptors (Lipinski definition) is 3. The molecule has 1 aliphatic heterocycles. The van der Waals surface area contributed by atoms with Gasteiger partial charge in [0.2, 0.25) is 5.91 Å². The Morgan fingerprint density at radius 2 is 2.14 bits per heavy atom. The molecule has 0 aromatic heterocycles. The molecule has 5 heteroatoms. The smallest absolute Gasteiger partial charge is 0.251 e. The van der Waals surface area contributed by atoms with Crippen molar-refractivity contribution < 1.29 is 14.3 Å². The van der Waals surface area contributed by atoms with Gasteiger partial charge in [-0.05, 0) is 12.5 Å². The van der Waals surface area contributed by atoms with Crippen LogP contribution < -0.4 is 5.32 Å². The van der Waals surface area contributed by atoms with E-state index in [1.807, 2.05) is 31.2 Å². The van der Waals surface area contributed by atoms with E-state index < -0.39 is 12.1 Å². The highest BCUT2D eigenvalue weighted by Crippen LogP contribution is 2.29. The number of carbonyl (C=O) groups excluding carboxylic acids is 2. The molecule has 1 aromatic carbocycles. The predicted molar refractivity (Wildman–Crippen MR) is 79.6 cm³/mol. The Kier molecular flexibility index (Phi) is 4.75. The van der Waals surface area contributed by atoms with Crippen LogP contribution >= 0.6 is 0 Å². The fourth-order valence-corrected chi connectivity index (χ4v) is 2.37. The lowest BCUT2D eigenvalue weighted by molar-refractivity contribution is -0.162. The Labute approximate surface area is 124 Å². The van der Waals surface area contributed by atoms with Gasteiger partial charge in [-0.3, -0.25) is 9.59 Å². The van der Waals surface area contributed by atoms with Crippen molar-refractivity contribution >= 4 is 11.8 Å². The molecule has 2 atom stereocenters. The van der Waals surface area contributed by atoms with Gasteiger partial charge in [-0.25, -0.2) is 0 Å². The van der Waals surface area contributed by atoms with Crippen LogP contribution in [0.3, 0.4) is 0 Å². The first kappa shape index (κ1) is 15.3. The van der Waals surface area contributed by atoms with Crippen molar-refractivity contribution in [3.05, 3.63) is 48.0 Å². The molecule has 5 nitrogen and oxygen atoms in total. The van der Waals surface area contributed by atoms with Crippen LogP contribution in [0, 0.1) is 6.92 Å². The van der Waals surface area contributed by atoms with E-state index in [1.165, 1.54) is 0 Å². The molecule has 0 aliphatic carbocycles. The Balaban J connectivity index is 2.28. The number of carbonyl (C=O) groups is 2. The van der Waals surface area contributed by atoms with Gasteiger partial charge in [-0.15, -0.1) is 6.58 Å². The Morgan fingerprint density at radius 1 is 1.48 bits per heavy atom. The van der Waals surface area contributed by atoms with Crippen molar-refractivity contribution in [2.24, 2.45) is 0 Å². The van der Waals surface area contributed by atoms with Crippen molar-refractivity contribution in [2.75, 3.05) is 20.2 Å². The standard InChI is InChI=1S/C16H20N2O3/c1-4-9-17-16(20)15-14(18(3)13(19)10-21-15)12-7-5-11(2)6-8-12/h4-8,14-15H,1,9-10H2,2-3H3,(H,17,20). The molecule has 21 heavy (non-hydrogen) atoms. The molecule has 1 heterocycles. The van der Waals surface area contributed by atoms with Crippen LogP contribution in [-0.4, -0.2) is 43.0 Å². The highest BCUT2D eigenvalue weighted by atomic mass is 16.5. The number of ether oxygens (including phenoxy) is 1.